The minimum atomic E-state index is -0.327. The SMILES string of the molecule is CCCCCN(C)Cc1ccc(/C(N)=N/O)cc1F. The minimum absolute atomic E-state index is 0.0817. The molecule has 1 aromatic carbocycles. The van der Waals surface area contributed by atoms with Crippen LogP contribution in [0, 0.1) is 5.82 Å². The van der Waals surface area contributed by atoms with Crippen LogP contribution in [-0.4, -0.2) is 29.5 Å². The number of nitrogens with zero attached hydrogens (tertiary/aromatic N) is 2. The molecular formula is C14H22FN3O. The van der Waals surface area contributed by atoms with Crippen LogP contribution in [0.25, 0.3) is 0 Å². The molecule has 0 saturated heterocycles. The molecule has 0 spiro atoms. The smallest absolute Gasteiger partial charge is 0.170 e. The second kappa shape index (κ2) is 7.74. The lowest BCUT2D eigenvalue weighted by Crippen LogP contribution is -2.20. The molecule has 0 saturated carbocycles. The monoisotopic (exact) mass is 267 g/mol. The van der Waals surface area contributed by atoms with Gasteiger partial charge in [0.2, 0.25) is 0 Å². The van der Waals surface area contributed by atoms with Crippen LogP contribution in [-0.2, 0) is 6.54 Å². The predicted molar refractivity (Wildman–Crippen MR) is 74.8 cm³/mol. The van der Waals surface area contributed by atoms with Crippen LogP contribution in [0.2, 0.25) is 0 Å². The molecule has 0 aliphatic carbocycles. The van der Waals surface area contributed by atoms with E-state index in [0.29, 0.717) is 17.7 Å². The Kier molecular flexibility index (Phi) is 6.29. The summed E-state index contributed by atoms with van der Waals surface area (Å²) in [6.07, 6.45) is 3.49. The number of hydrogen-bond acceptors (Lipinski definition) is 3. The average molecular weight is 267 g/mol. The van der Waals surface area contributed by atoms with Gasteiger partial charge in [0, 0.05) is 17.7 Å². The van der Waals surface area contributed by atoms with Crippen molar-refractivity contribution < 1.29 is 9.60 Å². The molecule has 5 heteroatoms. The van der Waals surface area contributed by atoms with Gasteiger partial charge in [-0.25, -0.2) is 4.39 Å². The largest absolute Gasteiger partial charge is 0.409 e. The molecule has 3 N–H and O–H groups in total. The number of unbranched alkanes of at least 4 members (excludes halogenated alkanes) is 2. The highest BCUT2D eigenvalue weighted by molar-refractivity contribution is 5.97. The Bertz CT molecular complexity index is 435. The van der Waals surface area contributed by atoms with E-state index >= 15 is 0 Å². The summed E-state index contributed by atoms with van der Waals surface area (Å²) in [7, 11) is 1.98. The summed E-state index contributed by atoms with van der Waals surface area (Å²) in [5, 5.41) is 11.4. The Hall–Kier alpha value is -1.62. The van der Waals surface area contributed by atoms with Gasteiger partial charge in [-0.15, -0.1) is 0 Å². The first-order valence-corrected chi connectivity index (χ1v) is 6.53. The van der Waals surface area contributed by atoms with Gasteiger partial charge in [-0.1, -0.05) is 37.1 Å². The van der Waals surface area contributed by atoms with Gasteiger partial charge in [-0.2, -0.15) is 0 Å². The van der Waals surface area contributed by atoms with Gasteiger partial charge in [-0.05, 0) is 26.1 Å². The highest BCUT2D eigenvalue weighted by Crippen LogP contribution is 2.13. The molecule has 0 radical (unpaired) electrons. The van der Waals surface area contributed by atoms with E-state index in [4.69, 9.17) is 10.9 Å². The zero-order valence-electron chi connectivity index (χ0n) is 11.6. The van der Waals surface area contributed by atoms with Gasteiger partial charge in [0.05, 0.1) is 0 Å². The minimum Gasteiger partial charge on any atom is -0.409 e. The van der Waals surface area contributed by atoms with Crippen LogP contribution in [0.15, 0.2) is 23.4 Å². The van der Waals surface area contributed by atoms with Crippen LogP contribution in [0.1, 0.15) is 37.3 Å². The second-order valence-electron chi connectivity index (χ2n) is 4.74. The van der Waals surface area contributed by atoms with Crippen LogP contribution < -0.4 is 5.73 Å². The average Bonchev–Trinajstić information content (AvgIpc) is 2.40. The molecule has 106 valence electrons. The maximum absolute atomic E-state index is 13.9. The van der Waals surface area contributed by atoms with Crippen molar-refractivity contribution in [2.45, 2.75) is 32.7 Å². The molecule has 0 heterocycles. The molecule has 0 aromatic heterocycles. The van der Waals surface area contributed by atoms with E-state index in [2.05, 4.69) is 17.0 Å². The van der Waals surface area contributed by atoms with Crippen molar-refractivity contribution in [1.82, 2.24) is 4.90 Å². The van der Waals surface area contributed by atoms with E-state index in [0.717, 1.165) is 13.0 Å². The van der Waals surface area contributed by atoms with Crippen molar-refractivity contribution >= 4 is 5.84 Å². The third kappa shape index (κ3) is 4.87. The van der Waals surface area contributed by atoms with Gasteiger partial charge in [-0.3, -0.25) is 0 Å². The Morgan fingerprint density at radius 3 is 2.74 bits per heavy atom. The van der Waals surface area contributed by atoms with Gasteiger partial charge in [0.1, 0.15) is 5.82 Å². The number of halogens is 1. The first kappa shape index (κ1) is 15.4. The number of nitrogens with two attached hydrogens (primary N) is 1. The Morgan fingerprint density at radius 2 is 2.16 bits per heavy atom. The quantitative estimate of drug-likeness (QED) is 0.262. The van der Waals surface area contributed by atoms with Crippen molar-refractivity contribution in [3.63, 3.8) is 0 Å². The highest BCUT2D eigenvalue weighted by atomic mass is 19.1. The normalized spacial score (nSPS) is 12.1. The Balaban J connectivity index is 2.64. The zero-order valence-corrected chi connectivity index (χ0v) is 11.6. The molecular weight excluding hydrogens is 245 g/mol. The standard InChI is InChI=1S/C14H22FN3O/c1-3-4-5-8-18(2)10-12-7-6-11(9-13(12)15)14(16)17-19/h6-7,9,19H,3-5,8,10H2,1-2H3,(H2,16,17). The van der Waals surface area contributed by atoms with E-state index in [1.54, 1.807) is 12.1 Å². The first-order chi connectivity index (χ1) is 9.08. The van der Waals surface area contributed by atoms with Gasteiger partial charge in [0.15, 0.2) is 5.84 Å². The number of benzene rings is 1. The highest BCUT2D eigenvalue weighted by Gasteiger charge is 2.08. The Labute approximate surface area is 113 Å². The topological polar surface area (TPSA) is 61.8 Å². The van der Waals surface area contributed by atoms with Crippen LogP contribution in [0.4, 0.5) is 4.39 Å². The molecule has 4 nitrogen and oxygen atoms in total. The van der Waals surface area contributed by atoms with Gasteiger partial charge in [0.25, 0.3) is 0 Å². The fourth-order valence-electron chi connectivity index (χ4n) is 1.89. The summed E-state index contributed by atoms with van der Waals surface area (Å²) in [6.45, 7) is 3.67. The predicted octanol–water partition coefficient (Wildman–Crippen LogP) is 2.54. The van der Waals surface area contributed by atoms with Crippen LogP contribution in [0.3, 0.4) is 0 Å². The summed E-state index contributed by atoms with van der Waals surface area (Å²) in [4.78, 5) is 2.09. The molecule has 0 aliphatic rings. The van der Waals surface area contributed by atoms with E-state index in [9.17, 15) is 4.39 Å². The maximum Gasteiger partial charge on any atom is 0.170 e. The van der Waals surface area contributed by atoms with E-state index in [1.807, 2.05) is 7.05 Å². The maximum atomic E-state index is 13.9. The lowest BCUT2D eigenvalue weighted by Gasteiger charge is -2.17. The molecule has 19 heavy (non-hydrogen) atoms. The summed E-state index contributed by atoms with van der Waals surface area (Å²) in [5.41, 5.74) is 6.42. The summed E-state index contributed by atoms with van der Waals surface area (Å²) in [5.74, 6) is -0.409. The van der Waals surface area contributed by atoms with E-state index in [1.165, 1.54) is 18.9 Å². The molecule has 0 unspecified atom stereocenters. The van der Waals surface area contributed by atoms with Crippen molar-refractivity contribution in [3.8, 4) is 0 Å². The van der Waals surface area contributed by atoms with Crippen molar-refractivity contribution in [3.05, 3.63) is 35.1 Å². The summed E-state index contributed by atoms with van der Waals surface area (Å²) >= 11 is 0. The number of rotatable bonds is 7. The third-order valence-corrected chi connectivity index (χ3v) is 3.04. The molecule has 1 rings (SSSR count). The van der Waals surface area contributed by atoms with E-state index in [-0.39, 0.29) is 11.7 Å². The molecule has 0 amide bonds. The van der Waals surface area contributed by atoms with Crippen LogP contribution in [0.5, 0.6) is 0 Å². The van der Waals surface area contributed by atoms with Gasteiger partial charge >= 0.3 is 0 Å². The molecule has 0 bridgehead atoms. The third-order valence-electron chi connectivity index (χ3n) is 3.04. The molecule has 0 fully saturated rings. The van der Waals surface area contributed by atoms with Crippen molar-refractivity contribution in [1.29, 1.82) is 0 Å². The van der Waals surface area contributed by atoms with E-state index < -0.39 is 0 Å². The molecule has 1 aromatic rings. The fourth-order valence-corrected chi connectivity index (χ4v) is 1.89. The lowest BCUT2D eigenvalue weighted by atomic mass is 10.1. The fraction of sp³-hybridized carbons (Fsp3) is 0.500. The second-order valence-corrected chi connectivity index (χ2v) is 4.74. The molecule has 0 aliphatic heterocycles. The Morgan fingerprint density at radius 1 is 1.42 bits per heavy atom. The van der Waals surface area contributed by atoms with Crippen molar-refractivity contribution in [2.24, 2.45) is 10.9 Å². The summed E-state index contributed by atoms with van der Waals surface area (Å²) < 4.78 is 13.9. The lowest BCUT2D eigenvalue weighted by molar-refractivity contribution is 0.313. The zero-order chi connectivity index (χ0) is 14.3. The molecule has 0 atom stereocenters. The van der Waals surface area contributed by atoms with Crippen LogP contribution >= 0.6 is 0 Å². The number of amidine groups is 1. The summed E-state index contributed by atoms with van der Waals surface area (Å²) in [6, 6.07) is 4.64. The number of hydrogen-bond donors (Lipinski definition) is 2. The first-order valence-electron chi connectivity index (χ1n) is 6.53. The van der Waals surface area contributed by atoms with Crippen molar-refractivity contribution in [2.75, 3.05) is 13.6 Å². The van der Waals surface area contributed by atoms with Gasteiger partial charge < -0.3 is 15.8 Å². The number of oxime groups is 1.